The molecule has 0 saturated heterocycles. The van der Waals surface area contributed by atoms with Crippen LogP contribution in [0.4, 0.5) is 0 Å². The first kappa shape index (κ1) is 16.6. The van der Waals surface area contributed by atoms with E-state index in [9.17, 15) is 4.79 Å². The molecule has 1 atom stereocenters. The number of nitrogens with two attached hydrogens (primary N) is 2. The smallest absolute Gasteiger partial charge is 0.325 e. The van der Waals surface area contributed by atoms with E-state index < -0.39 is 12.0 Å². The van der Waals surface area contributed by atoms with E-state index in [0.717, 1.165) is 5.56 Å². The maximum absolute atomic E-state index is 10.5. The lowest BCUT2D eigenvalue weighted by Gasteiger charge is -2.06. The zero-order valence-corrected chi connectivity index (χ0v) is 9.55. The molecule has 6 heteroatoms. The third-order valence-corrected chi connectivity index (χ3v) is 1.84. The fourth-order valence-corrected chi connectivity index (χ4v) is 1.00. The van der Waals surface area contributed by atoms with Gasteiger partial charge in [-0.25, -0.2) is 0 Å². The highest BCUT2D eigenvalue weighted by Crippen LogP contribution is 2.11. The maximum atomic E-state index is 10.5. The lowest BCUT2D eigenvalue weighted by atomic mass is 10.1. The van der Waals surface area contributed by atoms with Crippen molar-refractivity contribution in [2.75, 3.05) is 0 Å². The van der Waals surface area contributed by atoms with Gasteiger partial charge < -0.3 is 16.6 Å². The summed E-state index contributed by atoms with van der Waals surface area (Å²) in [5.41, 5.74) is 12.3. The average molecular weight is 253 g/mol. The van der Waals surface area contributed by atoms with Gasteiger partial charge in [-0.3, -0.25) is 4.79 Å². The predicted molar refractivity (Wildman–Crippen MR) is 63.4 cm³/mol. The Balaban J connectivity index is 0. The summed E-state index contributed by atoms with van der Waals surface area (Å²) in [5.74, 6) is -1.03. The zero-order chi connectivity index (χ0) is 9.84. The Morgan fingerprint density at radius 3 is 2.07 bits per heavy atom. The zero-order valence-electron chi connectivity index (χ0n) is 7.92. The van der Waals surface area contributed by atoms with E-state index in [1.807, 2.05) is 0 Å². The molecule has 0 spiro atoms. The minimum atomic E-state index is -1.03. The van der Waals surface area contributed by atoms with Gasteiger partial charge in [-0.05, 0) is 11.1 Å². The average Bonchev–Trinajstić information content (AvgIpc) is 2.17. The van der Waals surface area contributed by atoms with Crippen molar-refractivity contribution in [3.05, 3.63) is 35.4 Å². The van der Waals surface area contributed by atoms with Crippen molar-refractivity contribution < 1.29 is 9.90 Å². The molecule has 1 rings (SSSR count). The molecule has 1 unspecified atom stereocenters. The molecule has 0 aliphatic heterocycles. The van der Waals surface area contributed by atoms with Gasteiger partial charge in [-0.1, -0.05) is 24.3 Å². The van der Waals surface area contributed by atoms with Gasteiger partial charge in [0.25, 0.3) is 0 Å². The van der Waals surface area contributed by atoms with E-state index in [2.05, 4.69) is 0 Å². The summed E-state index contributed by atoms with van der Waals surface area (Å²) < 4.78 is 0. The number of aliphatic carboxylic acids is 1. The van der Waals surface area contributed by atoms with Crippen LogP contribution in [0.5, 0.6) is 0 Å². The molecule has 0 heterocycles. The van der Waals surface area contributed by atoms with Crippen LogP contribution in [0.3, 0.4) is 0 Å². The van der Waals surface area contributed by atoms with Crippen molar-refractivity contribution in [2.24, 2.45) is 11.5 Å². The lowest BCUT2D eigenvalue weighted by molar-refractivity contribution is -0.138. The first-order chi connectivity index (χ1) is 6.15. The molecule has 0 aromatic heterocycles. The standard InChI is InChI=1S/C9H12N2O2.2ClH/c10-5-6-1-3-7(4-2-6)8(11)9(12)13;;/h1-4,8H,5,10-11H2,(H,12,13);2*1H. The van der Waals surface area contributed by atoms with Crippen molar-refractivity contribution in [2.45, 2.75) is 12.6 Å². The molecule has 0 radical (unpaired) electrons. The summed E-state index contributed by atoms with van der Waals surface area (Å²) in [6, 6.07) is 5.96. The largest absolute Gasteiger partial charge is 0.480 e. The number of carboxylic acids is 1. The number of hydrogen-bond acceptors (Lipinski definition) is 3. The third kappa shape index (κ3) is 4.48. The first-order valence-corrected chi connectivity index (χ1v) is 3.92. The fourth-order valence-electron chi connectivity index (χ4n) is 1.00. The Hall–Kier alpha value is -0.810. The molecule has 5 N–H and O–H groups in total. The molecule has 1 aromatic rings. The van der Waals surface area contributed by atoms with E-state index in [4.69, 9.17) is 16.6 Å². The number of carbonyl (C=O) groups is 1. The SMILES string of the molecule is Cl.Cl.NCc1ccc(C(N)C(=O)O)cc1. The monoisotopic (exact) mass is 252 g/mol. The highest BCUT2D eigenvalue weighted by molar-refractivity contribution is 5.85. The first-order valence-electron chi connectivity index (χ1n) is 3.92. The molecule has 86 valence electrons. The number of rotatable bonds is 3. The molecule has 0 aliphatic carbocycles. The third-order valence-electron chi connectivity index (χ3n) is 1.84. The lowest BCUT2D eigenvalue weighted by Crippen LogP contribution is -2.20. The summed E-state index contributed by atoms with van der Waals surface area (Å²) in [5, 5.41) is 8.61. The number of halogens is 2. The van der Waals surface area contributed by atoms with Gasteiger partial charge in [0.05, 0.1) is 0 Å². The fraction of sp³-hybridized carbons (Fsp3) is 0.222. The molecule has 0 aliphatic rings. The quantitative estimate of drug-likeness (QED) is 0.751. The summed E-state index contributed by atoms with van der Waals surface area (Å²) >= 11 is 0. The van der Waals surface area contributed by atoms with Crippen molar-refractivity contribution in [1.82, 2.24) is 0 Å². The van der Waals surface area contributed by atoms with Gasteiger partial charge in [0.2, 0.25) is 0 Å². The van der Waals surface area contributed by atoms with Crippen LogP contribution in [0, 0.1) is 0 Å². The van der Waals surface area contributed by atoms with E-state index in [-0.39, 0.29) is 24.8 Å². The second-order valence-electron chi connectivity index (χ2n) is 2.76. The van der Waals surface area contributed by atoms with E-state index in [1.54, 1.807) is 24.3 Å². The second kappa shape index (κ2) is 7.48. The summed E-state index contributed by atoms with van der Waals surface area (Å²) in [7, 11) is 0. The van der Waals surface area contributed by atoms with Crippen LogP contribution in [-0.4, -0.2) is 11.1 Å². The van der Waals surface area contributed by atoms with Gasteiger partial charge in [0.1, 0.15) is 6.04 Å². The van der Waals surface area contributed by atoms with Crippen LogP contribution in [0.1, 0.15) is 17.2 Å². The predicted octanol–water partition coefficient (Wildman–Crippen LogP) is 1.07. The van der Waals surface area contributed by atoms with Gasteiger partial charge in [0, 0.05) is 6.54 Å². The van der Waals surface area contributed by atoms with Crippen LogP contribution >= 0.6 is 24.8 Å². The van der Waals surface area contributed by atoms with E-state index >= 15 is 0 Å². The second-order valence-corrected chi connectivity index (χ2v) is 2.76. The highest BCUT2D eigenvalue weighted by Gasteiger charge is 2.12. The topological polar surface area (TPSA) is 89.3 Å². The van der Waals surface area contributed by atoms with Crippen molar-refractivity contribution in [3.8, 4) is 0 Å². The Morgan fingerprint density at radius 2 is 1.73 bits per heavy atom. The molecular formula is C9H14Cl2N2O2. The molecule has 0 fully saturated rings. The molecule has 0 bridgehead atoms. The number of benzene rings is 1. The molecule has 0 amide bonds. The van der Waals surface area contributed by atoms with Crippen LogP contribution in [0.15, 0.2) is 24.3 Å². The van der Waals surface area contributed by atoms with Crippen molar-refractivity contribution >= 4 is 30.8 Å². The minimum Gasteiger partial charge on any atom is -0.480 e. The minimum absolute atomic E-state index is 0. The van der Waals surface area contributed by atoms with Gasteiger partial charge in [0.15, 0.2) is 0 Å². The van der Waals surface area contributed by atoms with Gasteiger partial charge in [-0.2, -0.15) is 0 Å². The maximum Gasteiger partial charge on any atom is 0.325 e. The molecular weight excluding hydrogens is 239 g/mol. The Kier molecular flexibility index (Phi) is 8.28. The van der Waals surface area contributed by atoms with Crippen LogP contribution in [0.25, 0.3) is 0 Å². The van der Waals surface area contributed by atoms with Gasteiger partial charge in [-0.15, -0.1) is 24.8 Å². The van der Waals surface area contributed by atoms with Crippen LogP contribution < -0.4 is 11.5 Å². The van der Waals surface area contributed by atoms with Crippen LogP contribution in [-0.2, 0) is 11.3 Å². The molecule has 1 aromatic carbocycles. The van der Waals surface area contributed by atoms with Gasteiger partial charge >= 0.3 is 5.97 Å². The van der Waals surface area contributed by atoms with Crippen molar-refractivity contribution in [3.63, 3.8) is 0 Å². The molecule has 15 heavy (non-hydrogen) atoms. The highest BCUT2D eigenvalue weighted by atomic mass is 35.5. The summed E-state index contributed by atoms with van der Waals surface area (Å²) in [6.07, 6.45) is 0. The normalized spacial score (nSPS) is 10.8. The molecule has 4 nitrogen and oxygen atoms in total. The number of carboxylic acid groups (broad SMARTS) is 1. The van der Waals surface area contributed by atoms with E-state index in [1.165, 1.54) is 0 Å². The Bertz CT molecular complexity index is 303. The summed E-state index contributed by atoms with van der Waals surface area (Å²) in [6.45, 7) is 0.447. The Labute approximate surface area is 100 Å². The molecule has 0 saturated carbocycles. The van der Waals surface area contributed by atoms with E-state index in [0.29, 0.717) is 12.1 Å². The van der Waals surface area contributed by atoms with Crippen molar-refractivity contribution in [1.29, 1.82) is 0 Å². The van der Waals surface area contributed by atoms with Crippen LogP contribution in [0.2, 0.25) is 0 Å². The summed E-state index contributed by atoms with van der Waals surface area (Å²) in [4.78, 5) is 10.5. The Morgan fingerprint density at radius 1 is 1.27 bits per heavy atom. The number of hydrogen-bond donors (Lipinski definition) is 3.